The van der Waals surface area contributed by atoms with Crippen LogP contribution in [0.5, 0.6) is 0 Å². The second-order valence-corrected chi connectivity index (χ2v) is 12.2. The van der Waals surface area contributed by atoms with E-state index in [0.29, 0.717) is 11.3 Å². The summed E-state index contributed by atoms with van der Waals surface area (Å²) in [5, 5.41) is 16.3. The van der Waals surface area contributed by atoms with Gasteiger partial charge in [-0.2, -0.15) is 22.6 Å². The first kappa shape index (κ1) is 27.3. The fraction of sp³-hybridized carbons (Fsp3) is 0.241. The van der Waals surface area contributed by atoms with E-state index in [9.17, 15) is 31.1 Å². The summed E-state index contributed by atoms with van der Waals surface area (Å²) < 4.78 is 83.0. The lowest BCUT2D eigenvalue weighted by Crippen LogP contribution is -2.52. The van der Waals surface area contributed by atoms with Gasteiger partial charge in [0.2, 0.25) is 10.0 Å². The number of hydrogen-bond acceptors (Lipinski definition) is 5. The molecule has 41 heavy (non-hydrogen) atoms. The molecule has 1 fully saturated rings. The number of benzene rings is 2. The summed E-state index contributed by atoms with van der Waals surface area (Å²) in [7, 11) is -4.19. The molecule has 1 aliphatic heterocycles. The zero-order chi connectivity index (χ0) is 29.0. The molecule has 7 nitrogen and oxygen atoms in total. The van der Waals surface area contributed by atoms with Crippen molar-refractivity contribution in [3.05, 3.63) is 113 Å². The van der Waals surface area contributed by atoms with Crippen LogP contribution in [0.1, 0.15) is 34.9 Å². The van der Waals surface area contributed by atoms with Gasteiger partial charge in [0.15, 0.2) is 0 Å². The van der Waals surface area contributed by atoms with Crippen LogP contribution < -0.4 is 0 Å². The van der Waals surface area contributed by atoms with Crippen molar-refractivity contribution in [1.29, 1.82) is 0 Å². The highest BCUT2D eigenvalue weighted by molar-refractivity contribution is 7.89. The molecule has 1 unspecified atom stereocenters. The first-order valence-corrected chi connectivity index (χ1v) is 14.2. The minimum atomic E-state index is -4.59. The Hall–Kier alpha value is -3.87. The van der Waals surface area contributed by atoms with E-state index in [2.05, 4.69) is 10.1 Å². The normalized spacial score (nSPS) is 20.2. The molecule has 0 spiro atoms. The minimum absolute atomic E-state index is 0.0662. The smallest absolute Gasteiger partial charge is 0.387 e. The van der Waals surface area contributed by atoms with E-state index in [1.54, 1.807) is 41.3 Å². The third kappa shape index (κ3) is 4.75. The SMILES string of the molecule is O=S(=O)(c1ccc(C(F)(F)F)cc1)N1CCC2=Cc3c(cnn3-c3ccc(F)cc3)C[C@]2(C(O)c2cccnc2)C1. The molecule has 3 heterocycles. The maximum Gasteiger partial charge on any atom is 0.416 e. The maximum absolute atomic E-state index is 13.7. The van der Waals surface area contributed by atoms with Crippen LogP contribution in [0.25, 0.3) is 11.8 Å². The molecule has 2 aliphatic rings. The lowest BCUT2D eigenvalue weighted by atomic mass is 9.64. The van der Waals surface area contributed by atoms with E-state index >= 15 is 0 Å². The molecule has 0 saturated carbocycles. The van der Waals surface area contributed by atoms with Crippen molar-refractivity contribution < 1.29 is 31.1 Å². The van der Waals surface area contributed by atoms with Gasteiger partial charge in [0.05, 0.1) is 34.1 Å². The monoisotopic (exact) mass is 584 g/mol. The molecule has 2 aromatic heterocycles. The van der Waals surface area contributed by atoms with Crippen LogP contribution in [0.2, 0.25) is 0 Å². The summed E-state index contributed by atoms with van der Waals surface area (Å²) >= 11 is 0. The van der Waals surface area contributed by atoms with Gasteiger partial charge in [0, 0.05) is 30.9 Å². The molecular weight excluding hydrogens is 560 g/mol. The van der Waals surface area contributed by atoms with E-state index in [4.69, 9.17) is 0 Å². The Morgan fingerprint density at radius 2 is 1.73 bits per heavy atom. The molecule has 1 aliphatic carbocycles. The van der Waals surface area contributed by atoms with Crippen molar-refractivity contribution in [3.63, 3.8) is 0 Å². The molecule has 212 valence electrons. The predicted octanol–water partition coefficient (Wildman–Crippen LogP) is 5.18. The molecule has 0 radical (unpaired) electrons. The predicted molar refractivity (Wildman–Crippen MR) is 142 cm³/mol. The van der Waals surface area contributed by atoms with Crippen LogP contribution in [0.3, 0.4) is 0 Å². The highest BCUT2D eigenvalue weighted by Gasteiger charge is 2.50. The highest BCUT2D eigenvalue weighted by Crippen LogP contribution is 2.52. The van der Waals surface area contributed by atoms with Crippen LogP contribution in [0.15, 0.2) is 89.7 Å². The van der Waals surface area contributed by atoms with Crippen LogP contribution in [0, 0.1) is 11.2 Å². The van der Waals surface area contributed by atoms with Gasteiger partial charge in [-0.3, -0.25) is 4.98 Å². The fourth-order valence-corrected chi connectivity index (χ4v) is 7.25. The Kier molecular flexibility index (Phi) is 6.59. The Morgan fingerprint density at radius 1 is 1.00 bits per heavy atom. The third-order valence-corrected chi connectivity index (χ3v) is 9.71. The number of sulfonamides is 1. The van der Waals surface area contributed by atoms with Gasteiger partial charge in [-0.05, 0) is 84.6 Å². The zero-order valence-corrected chi connectivity index (χ0v) is 22.3. The first-order chi connectivity index (χ1) is 19.5. The Morgan fingerprint density at radius 3 is 2.39 bits per heavy atom. The number of hydrogen-bond donors (Lipinski definition) is 1. The number of aromatic nitrogens is 3. The molecular formula is C29H24F4N4O3S. The van der Waals surface area contributed by atoms with Crippen molar-refractivity contribution in [3.8, 4) is 5.69 Å². The summed E-state index contributed by atoms with van der Waals surface area (Å²) in [6.45, 7) is -0.0455. The van der Waals surface area contributed by atoms with Gasteiger partial charge >= 0.3 is 6.18 Å². The second kappa shape index (κ2) is 9.89. The van der Waals surface area contributed by atoms with Crippen LogP contribution in [-0.4, -0.2) is 45.7 Å². The lowest BCUT2D eigenvalue weighted by Gasteiger charge is -2.48. The average Bonchev–Trinajstić information content (AvgIpc) is 3.37. The molecule has 1 N–H and O–H groups in total. The highest BCUT2D eigenvalue weighted by atomic mass is 32.2. The number of alkyl halides is 3. The summed E-state index contributed by atoms with van der Waals surface area (Å²) in [6.07, 6.45) is 1.41. The summed E-state index contributed by atoms with van der Waals surface area (Å²) in [4.78, 5) is 3.86. The average molecular weight is 585 g/mol. The van der Waals surface area contributed by atoms with Crippen LogP contribution >= 0.6 is 0 Å². The number of nitrogens with zero attached hydrogens (tertiary/aromatic N) is 4. The van der Waals surface area contributed by atoms with Gasteiger partial charge in [-0.1, -0.05) is 11.6 Å². The van der Waals surface area contributed by atoms with E-state index in [0.717, 1.165) is 41.1 Å². The second-order valence-electron chi connectivity index (χ2n) is 10.2. The Labute approximate surface area is 233 Å². The van der Waals surface area contributed by atoms with Crippen molar-refractivity contribution in [2.75, 3.05) is 13.1 Å². The number of halogens is 4. The lowest BCUT2D eigenvalue weighted by molar-refractivity contribution is -0.137. The van der Waals surface area contributed by atoms with Crippen molar-refractivity contribution in [2.45, 2.75) is 30.0 Å². The zero-order valence-electron chi connectivity index (χ0n) is 21.5. The van der Waals surface area contributed by atoms with Crippen molar-refractivity contribution >= 4 is 16.1 Å². The minimum Gasteiger partial charge on any atom is -0.387 e. The van der Waals surface area contributed by atoms with Gasteiger partial charge in [0.25, 0.3) is 0 Å². The van der Waals surface area contributed by atoms with E-state index in [1.165, 1.54) is 22.6 Å². The fourth-order valence-electron chi connectivity index (χ4n) is 5.74. The number of rotatable bonds is 5. The quantitative estimate of drug-likeness (QED) is 0.327. The van der Waals surface area contributed by atoms with Crippen LogP contribution in [0.4, 0.5) is 17.6 Å². The largest absolute Gasteiger partial charge is 0.416 e. The number of aliphatic hydroxyl groups excluding tert-OH is 1. The summed E-state index contributed by atoms with van der Waals surface area (Å²) in [5.74, 6) is -0.381. The standard InChI is InChI=1S/C29H24F4N4O3S/c30-23-5-7-24(8-6-23)37-26-14-22-11-13-36(41(39,40)25-9-3-21(4-10-25)29(31,32)33)18-28(22,15-20(26)17-35-37)27(38)19-2-1-12-34-16-19/h1-10,12,14,16-17,27,38H,11,13,15,18H2/t27?,28-/m0/s1. The topological polar surface area (TPSA) is 88.3 Å². The molecule has 2 atom stereocenters. The third-order valence-electron chi connectivity index (χ3n) is 7.85. The summed E-state index contributed by atoms with van der Waals surface area (Å²) in [5.41, 5.74) is 1.43. The number of aliphatic hydroxyl groups is 1. The van der Waals surface area contributed by atoms with E-state index < -0.39 is 33.3 Å². The van der Waals surface area contributed by atoms with Gasteiger partial charge in [0.1, 0.15) is 5.82 Å². The van der Waals surface area contributed by atoms with E-state index in [1.807, 2.05) is 6.08 Å². The molecule has 4 aromatic rings. The van der Waals surface area contributed by atoms with Gasteiger partial charge in [-0.15, -0.1) is 0 Å². The van der Waals surface area contributed by atoms with E-state index in [-0.39, 0.29) is 36.6 Å². The first-order valence-electron chi connectivity index (χ1n) is 12.8. The number of fused-ring (bicyclic) bond motifs is 2. The van der Waals surface area contributed by atoms with Crippen LogP contribution in [-0.2, 0) is 22.6 Å². The van der Waals surface area contributed by atoms with Gasteiger partial charge < -0.3 is 5.11 Å². The molecule has 12 heteroatoms. The van der Waals surface area contributed by atoms with Crippen molar-refractivity contribution in [1.82, 2.24) is 19.1 Å². The van der Waals surface area contributed by atoms with Crippen molar-refractivity contribution in [2.24, 2.45) is 5.41 Å². The molecule has 0 amide bonds. The molecule has 2 aromatic carbocycles. The maximum atomic E-state index is 13.7. The number of pyridine rings is 1. The Bertz CT molecular complexity index is 1720. The van der Waals surface area contributed by atoms with Gasteiger partial charge in [-0.25, -0.2) is 17.5 Å². The number of piperidine rings is 1. The molecule has 6 rings (SSSR count). The molecule has 0 bridgehead atoms. The Balaban J connectivity index is 1.41. The molecule has 1 saturated heterocycles. The summed E-state index contributed by atoms with van der Waals surface area (Å²) in [6, 6.07) is 12.7.